The predicted molar refractivity (Wildman–Crippen MR) is 135 cm³/mol. The Morgan fingerprint density at radius 3 is 1.71 bits per heavy atom. The monoisotopic (exact) mass is 401 g/mol. The van der Waals surface area contributed by atoms with Crippen molar-refractivity contribution in [3.63, 3.8) is 0 Å². The van der Waals surface area contributed by atoms with Crippen molar-refractivity contribution >= 4 is 11.4 Å². The van der Waals surface area contributed by atoms with Gasteiger partial charge in [0, 0.05) is 17.1 Å². The van der Waals surface area contributed by atoms with Crippen molar-refractivity contribution < 1.29 is 0 Å². The van der Waals surface area contributed by atoms with Crippen molar-refractivity contribution in [1.29, 1.82) is 0 Å². The second-order valence-electron chi connectivity index (χ2n) is 7.53. The number of anilines is 2. The lowest BCUT2D eigenvalue weighted by atomic mass is 10.0. The van der Waals surface area contributed by atoms with Crippen LogP contribution in [0.3, 0.4) is 0 Å². The van der Waals surface area contributed by atoms with Crippen molar-refractivity contribution in [2.75, 3.05) is 4.90 Å². The molecule has 1 heteroatoms. The van der Waals surface area contributed by atoms with Crippen LogP contribution in [0.25, 0.3) is 22.3 Å². The Bertz CT molecular complexity index is 1190. The lowest BCUT2D eigenvalue weighted by Crippen LogP contribution is -2.16. The summed E-state index contributed by atoms with van der Waals surface area (Å²) in [6.07, 6.45) is 4.01. The summed E-state index contributed by atoms with van der Waals surface area (Å²) >= 11 is 0. The highest BCUT2D eigenvalue weighted by Gasteiger charge is 2.15. The number of nitrogens with zero attached hydrogens (tertiary/aromatic N) is 1. The average Bonchev–Trinajstić information content (AvgIpc) is 2.84. The van der Waals surface area contributed by atoms with Crippen molar-refractivity contribution in [3.8, 4) is 22.3 Å². The average molecular weight is 402 g/mol. The second kappa shape index (κ2) is 9.32. The minimum absolute atomic E-state index is 1.06. The highest BCUT2D eigenvalue weighted by atomic mass is 15.1. The summed E-state index contributed by atoms with van der Waals surface area (Å²) in [5.41, 5.74) is 9.42. The van der Waals surface area contributed by atoms with Crippen LogP contribution in [0.4, 0.5) is 11.4 Å². The Labute approximate surface area is 185 Å². The molecule has 0 saturated heterocycles. The maximum Gasteiger partial charge on any atom is 0.0491 e. The van der Waals surface area contributed by atoms with Crippen LogP contribution < -0.4 is 4.90 Å². The molecule has 0 spiro atoms. The summed E-state index contributed by atoms with van der Waals surface area (Å²) in [4.78, 5) is 2.27. The molecule has 0 unspecified atom stereocenters. The summed E-state index contributed by atoms with van der Waals surface area (Å²) < 4.78 is 0. The molecule has 31 heavy (non-hydrogen) atoms. The minimum Gasteiger partial charge on any atom is -0.311 e. The lowest BCUT2D eigenvalue weighted by Gasteiger charge is -2.28. The molecule has 0 radical (unpaired) electrons. The van der Waals surface area contributed by atoms with Crippen LogP contribution in [0.1, 0.15) is 12.5 Å². The predicted octanol–water partition coefficient (Wildman–Crippen LogP) is 8.56. The van der Waals surface area contributed by atoms with E-state index in [9.17, 15) is 0 Å². The van der Waals surface area contributed by atoms with Gasteiger partial charge in [-0.25, -0.2) is 0 Å². The molecular formula is C30H27N. The van der Waals surface area contributed by atoms with Crippen LogP contribution in [-0.4, -0.2) is 0 Å². The Balaban J connectivity index is 1.75. The molecule has 0 aliphatic heterocycles. The minimum atomic E-state index is 1.06. The molecule has 0 bridgehead atoms. The molecule has 0 aliphatic carbocycles. The quantitative estimate of drug-likeness (QED) is 0.292. The second-order valence-corrected chi connectivity index (χ2v) is 7.53. The normalized spacial score (nSPS) is 11.2. The molecule has 0 atom stereocenters. The third-order valence-electron chi connectivity index (χ3n) is 5.54. The van der Waals surface area contributed by atoms with Gasteiger partial charge in [0.2, 0.25) is 0 Å². The Hall–Kier alpha value is -3.84. The number of aryl methyl sites for hydroxylation is 1. The topological polar surface area (TPSA) is 3.24 Å². The number of hydrogen-bond donors (Lipinski definition) is 0. The van der Waals surface area contributed by atoms with Crippen LogP contribution in [0.5, 0.6) is 0 Å². The zero-order valence-electron chi connectivity index (χ0n) is 18.1. The maximum absolute atomic E-state index is 4.05. The van der Waals surface area contributed by atoms with Crippen molar-refractivity contribution in [1.82, 2.24) is 0 Å². The van der Waals surface area contributed by atoms with E-state index in [4.69, 9.17) is 0 Å². The molecule has 4 aromatic rings. The zero-order valence-corrected chi connectivity index (χ0v) is 18.1. The molecule has 0 N–H and O–H groups in total. The van der Waals surface area contributed by atoms with Gasteiger partial charge >= 0.3 is 0 Å². The molecule has 1 nitrogen and oxygen atoms in total. The molecule has 4 aromatic carbocycles. The number of hydrogen-bond acceptors (Lipinski definition) is 1. The van der Waals surface area contributed by atoms with Gasteiger partial charge in [-0.15, -0.1) is 0 Å². The van der Waals surface area contributed by atoms with Gasteiger partial charge in [0.15, 0.2) is 0 Å². The first kappa shape index (κ1) is 20.4. The molecule has 152 valence electrons. The number of benzene rings is 4. The van der Waals surface area contributed by atoms with E-state index < -0.39 is 0 Å². The Kier molecular flexibility index (Phi) is 6.14. The summed E-state index contributed by atoms with van der Waals surface area (Å²) in [6.45, 7) is 8.28. The maximum atomic E-state index is 4.05. The highest BCUT2D eigenvalue weighted by molar-refractivity contribution is 5.77. The third-order valence-corrected chi connectivity index (χ3v) is 5.54. The third kappa shape index (κ3) is 4.36. The zero-order chi connectivity index (χ0) is 21.6. The van der Waals surface area contributed by atoms with E-state index in [1.807, 2.05) is 18.2 Å². The molecular weight excluding hydrogens is 374 g/mol. The first-order valence-corrected chi connectivity index (χ1v) is 10.6. The lowest BCUT2D eigenvalue weighted by molar-refractivity contribution is 1.18. The molecule has 0 fully saturated rings. The van der Waals surface area contributed by atoms with Crippen LogP contribution >= 0.6 is 0 Å². The fourth-order valence-electron chi connectivity index (χ4n) is 3.92. The molecule has 0 heterocycles. The van der Waals surface area contributed by atoms with Crippen LogP contribution in [-0.2, 0) is 0 Å². The summed E-state index contributed by atoms with van der Waals surface area (Å²) in [5.74, 6) is 0. The fraction of sp³-hybridized carbons (Fsp3) is 0.0667. The number of rotatable bonds is 6. The van der Waals surface area contributed by atoms with E-state index in [0.29, 0.717) is 0 Å². The summed E-state index contributed by atoms with van der Waals surface area (Å²) in [5, 5.41) is 0. The van der Waals surface area contributed by atoms with Crippen molar-refractivity contribution in [2.24, 2.45) is 0 Å². The molecule has 0 amide bonds. The standard InChI is InChI=1S/C30H27N/c1-4-28(5-2)31(29-19-16-26(17-20-29)24-12-8-6-9-13-24)30-21-18-27(22-23(30)3)25-14-10-7-11-15-25/h4-22H,1H2,2-3H3. The largest absolute Gasteiger partial charge is 0.311 e. The SMILES string of the molecule is C=CC(=CC)N(c1ccc(-c2ccccc2)cc1)c1ccc(-c2ccccc2)cc1C. The van der Waals surface area contributed by atoms with E-state index >= 15 is 0 Å². The summed E-state index contributed by atoms with van der Waals surface area (Å²) in [6, 6.07) is 36.4. The van der Waals surface area contributed by atoms with Crippen LogP contribution in [0.15, 0.2) is 128 Å². The molecule has 0 saturated carbocycles. The van der Waals surface area contributed by atoms with E-state index in [-0.39, 0.29) is 0 Å². The first-order chi connectivity index (χ1) is 15.2. The van der Waals surface area contributed by atoms with E-state index in [1.54, 1.807) is 0 Å². The molecule has 0 aromatic heterocycles. The van der Waals surface area contributed by atoms with Gasteiger partial charge in [-0.1, -0.05) is 91.5 Å². The van der Waals surface area contributed by atoms with E-state index in [0.717, 1.165) is 17.1 Å². The van der Waals surface area contributed by atoms with E-state index in [2.05, 4.69) is 122 Å². The summed E-state index contributed by atoms with van der Waals surface area (Å²) in [7, 11) is 0. The fourth-order valence-corrected chi connectivity index (χ4v) is 3.92. The van der Waals surface area contributed by atoms with Gasteiger partial charge < -0.3 is 4.90 Å². The van der Waals surface area contributed by atoms with Gasteiger partial charge in [-0.3, -0.25) is 0 Å². The molecule has 4 rings (SSSR count). The number of allylic oxidation sites excluding steroid dienone is 2. The Morgan fingerprint density at radius 1 is 0.677 bits per heavy atom. The van der Waals surface area contributed by atoms with Gasteiger partial charge in [0.05, 0.1) is 0 Å². The Morgan fingerprint density at radius 2 is 1.19 bits per heavy atom. The van der Waals surface area contributed by atoms with E-state index in [1.165, 1.54) is 27.8 Å². The van der Waals surface area contributed by atoms with Gasteiger partial charge in [0.25, 0.3) is 0 Å². The van der Waals surface area contributed by atoms with Crippen molar-refractivity contribution in [3.05, 3.63) is 133 Å². The van der Waals surface area contributed by atoms with Crippen LogP contribution in [0, 0.1) is 6.92 Å². The first-order valence-electron chi connectivity index (χ1n) is 10.6. The van der Waals surface area contributed by atoms with Gasteiger partial charge in [-0.05, 0) is 72.0 Å². The smallest absolute Gasteiger partial charge is 0.0491 e. The molecule has 0 aliphatic rings. The van der Waals surface area contributed by atoms with Crippen LogP contribution in [0.2, 0.25) is 0 Å². The highest BCUT2D eigenvalue weighted by Crippen LogP contribution is 2.36. The van der Waals surface area contributed by atoms with Gasteiger partial charge in [-0.2, -0.15) is 0 Å². The van der Waals surface area contributed by atoms with Gasteiger partial charge in [0.1, 0.15) is 0 Å². The van der Waals surface area contributed by atoms with Crippen molar-refractivity contribution in [2.45, 2.75) is 13.8 Å².